The Morgan fingerprint density at radius 3 is 2.89 bits per heavy atom. The van der Waals surface area contributed by atoms with Gasteiger partial charge in [-0.2, -0.15) is 4.31 Å². The van der Waals surface area contributed by atoms with Gasteiger partial charge in [-0.15, -0.1) is 11.3 Å². The molecule has 0 spiro atoms. The van der Waals surface area contributed by atoms with Crippen molar-refractivity contribution in [1.29, 1.82) is 0 Å². The Morgan fingerprint density at radius 2 is 2.33 bits per heavy atom. The zero-order valence-corrected chi connectivity index (χ0v) is 12.3. The molecule has 1 aromatic rings. The zero-order valence-electron chi connectivity index (χ0n) is 9.08. The normalized spacial score (nSPS) is 21.9. The van der Waals surface area contributed by atoms with Crippen molar-refractivity contribution in [2.45, 2.75) is 10.3 Å². The van der Waals surface area contributed by atoms with Crippen LogP contribution in [0.1, 0.15) is 0 Å². The number of rotatable bonds is 3. The van der Waals surface area contributed by atoms with Gasteiger partial charge in [0.05, 0.1) is 13.2 Å². The van der Waals surface area contributed by atoms with Gasteiger partial charge in [-0.05, 0) is 27.4 Å². The Bertz CT molecular complexity index is 555. The molecule has 1 aliphatic heterocycles. The largest absolute Gasteiger partial charge is 0.479 e. The summed E-state index contributed by atoms with van der Waals surface area (Å²) < 4.78 is 31.4. The molecule has 0 aliphatic carbocycles. The van der Waals surface area contributed by atoms with Crippen LogP contribution in [0.3, 0.4) is 0 Å². The number of sulfonamides is 1. The fourth-order valence-electron chi connectivity index (χ4n) is 1.57. The number of halogens is 1. The third-order valence-electron chi connectivity index (χ3n) is 2.46. The van der Waals surface area contributed by atoms with Gasteiger partial charge in [0.15, 0.2) is 6.10 Å². The quantitative estimate of drug-likeness (QED) is 0.873. The average Bonchev–Trinajstić information content (AvgIpc) is 2.76. The van der Waals surface area contributed by atoms with Gasteiger partial charge in [0.2, 0.25) is 0 Å². The number of carboxylic acid groups (broad SMARTS) is 1. The minimum absolute atomic E-state index is 0.0825. The van der Waals surface area contributed by atoms with Crippen molar-refractivity contribution in [3.63, 3.8) is 0 Å². The van der Waals surface area contributed by atoms with Crippen LogP contribution in [-0.2, 0) is 19.6 Å². The van der Waals surface area contributed by atoms with Crippen molar-refractivity contribution in [1.82, 2.24) is 4.31 Å². The molecule has 6 nitrogen and oxygen atoms in total. The molecule has 0 amide bonds. The van der Waals surface area contributed by atoms with Crippen molar-refractivity contribution >= 4 is 43.3 Å². The van der Waals surface area contributed by atoms with E-state index in [0.717, 1.165) is 15.6 Å². The maximum absolute atomic E-state index is 12.3. The molecular formula is C9H10BrNO5S2. The molecule has 1 N–H and O–H groups in total. The number of carbonyl (C=O) groups is 1. The fourth-order valence-corrected chi connectivity index (χ4v) is 5.45. The Balaban J connectivity index is 2.26. The lowest BCUT2D eigenvalue weighted by Gasteiger charge is -2.29. The highest BCUT2D eigenvalue weighted by Gasteiger charge is 2.35. The van der Waals surface area contributed by atoms with Gasteiger partial charge >= 0.3 is 5.97 Å². The highest BCUT2D eigenvalue weighted by Crippen LogP contribution is 2.31. The van der Waals surface area contributed by atoms with E-state index in [4.69, 9.17) is 9.84 Å². The van der Waals surface area contributed by atoms with Gasteiger partial charge in [-0.25, -0.2) is 13.2 Å². The second-order valence-electron chi connectivity index (χ2n) is 3.62. The maximum atomic E-state index is 12.3. The third kappa shape index (κ3) is 2.59. The van der Waals surface area contributed by atoms with Gasteiger partial charge in [-0.3, -0.25) is 0 Å². The minimum Gasteiger partial charge on any atom is -0.479 e. The second kappa shape index (κ2) is 5.25. The van der Waals surface area contributed by atoms with Crippen LogP contribution in [0, 0.1) is 0 Å². The molecule has 0 bridgehead atoms. The number of morpholine rings is 1. The smallest absolute Gasteiger partial charge is 0.334 e. The molecule has 2 heterocycles. The summed E-state index contributed by atoms with van der Waals surface area (Å²) in [5.74, 6) is -1.15. The Morgan fingerprint density at radius 1 is 1.61 bits per heavy atom. The summed E-state index contributed by atoms with van der Waals surface area (Å²) in [6, 6.07) is 1.65. The van der Waals surface area contributed by atoms with Crippen molar-refractivity contribution in [3.05, 3.63) is 15.9 Å². The van der Waals surface area contributed by atoms with Crippen LogP contribution >= 0.6 is 27.3 Å². The maximum Gasteiger partial charge on any atom is 0.334 e. The van der Waals surface area contributed by atoms with Crippen LogP contribution in [0.2, 0.25) is 0 Å². The molecule has 1 saturated heterocycles. The topological polar surface area (TPSA) is 83.9 Å². The summed E-state index contributed by atoms with van der Waals surface area (Å²) in [6.45, 7) is 0.0810. The number of ether oxygens (including phenoxy) is 1. The molecule has 0 radical (unpaired) electrons. The molecule has 0 aromatic carbocycles. The van der Waals surface area contributed by atoms with Crippen molar-refractivity contribution in [2.75, 3.05) is 19.7 Å². The summed E-state index contributed by atoms with van der Waals surface area (Å²) in [6.07, 6.45) is -1.10. The summed E-state index contributed by atoms with van der Waals surface area (Å²) in [7, 11) is -3.65. The number of aliphatic carboxylic acids is 1. The number of thiophene rings is 1. The Kier molecular flexibility index (Phi) is 4.07. The molecule has 18 heavy (non-hydrogen) atoms. The third-order valence-corrected chi connectivity index (χ3v) is 6.98. The first kappa shape index (κ1) is 13.9. The second-order valence-corrected chi connectivity index (χ2v) is 7.52. The van der Waals surface area contributed by atoms with Crippen molar-refractivity contribution in [3.8, 4) is 0 Å². The van der Waals surface area contributed by atoms with Crippen LogP contribution in [-0.4, -0.2) is 49.6 Å². The van der Waals surface area contributed by atoms with E-state index in [2.05, 4.69) is 15.9 Å². The summed E-state index contributed by atoms with van der Waals surface area (Å²) >= 11 is 4.26. The summed E-state index contributed by atoms with van der Waals surface area (Å²) in [5, 5.41) is 10.5. The minimum atomic E-state index is -3.65. The van der Waals surface area contributed by atoms with E-state index in [-0.39, 0.29) is 23.9 Å². The first-order chi connectivity index (χ1) is 8.43. The summed E-state index contributed by atoms with van der Waals surface area (Å²) in [4.78, 5) is 10.8. The van der Waals surface area contributed by atoms with Gasteiger partial charge in [0.1, 0.15) is 4.21 Å². The molecule has 1 fully saturated rings. The number of carboxylic acids is 1. The molecule has 1 atom stereocenters. The molecular weight excluding hydrogens is 346 g/mol. The van der Waals surface area contributed by atoms with E-state index in [1.165, 1.54) is 0 Å². The van der Waals surface area contributed by atoms with Crippen molar-refractivity contribution < 1.29 is 23.1 Å². The number of hydrogen-bond donors (Lipinski definition) is 1. The standard InChI is InChI=1S/C9H10BrNO5S2/c10-6-1-4-17-9(6)18(14,15)11-2-3-16-7(5-11)8(12)13/h1,4,7H,2-3,5H2,(H,12,13). The van der Waals surface area contributed by atoms with Crippen LogP contribution in [0.15, 0.2) is 20.1 Å². The first-order valence-corrected chi connectivity index (χ1v) is 8.12. The number of nitrogens with zero attached hydrogens (tertiary/aromatic N) is 1. The summed E-state index contributed by atoms with van der Waals surface area (Å²) in [5.41, 5.74) is 0. The lowest BCUT2D eigenvalue weighted by molar-refractivity contribution is -0.153. The van der Waals surface area contributed by atoms with Crippen molar-refractivity contribution in [2.24, 2.45) is 0 Å². The van der Waals surface area contributed by atoms with Gasteiger partial charge in [-0.1, -0.05) is 0 Å². The SMILES string of the molecule is O=C(O)C1CN(S(=O)(=O)c2sccc2Br)CCO1. The lowest BCUT2D eigenvalue weighted by Crippen LogP contribution is -2.48. The van der Waals surface area contributed by atoms with Crippen LogP contribution < -0.4 is 0 Å². The number of hydrogen-bond acceptors (Lipinski definition) is 5. The molecule has 2 rings (SSSR count). The molecule has 100 valence electrons. The van der Waals surface area contributed by atoms with Gasteiger partial charge in [0, 0.05) is 11.0 Å². The average molecular weight is 356 g/mol. The van der Waals surface area contributed by atoms with Crippen LogP contribution in [0.4, 0.5) is 0 Å². The highest BCUT2D eigenvalue weighted by molar-refractivity contribution is 9.10. The molecule has 0 saturated carbocycles. The van der Waals surface area contributed by atoms with E-state index >= 15 is 0 Å². The Labute approximate surface area is 116 Å². The molecule has 1 unspecified atom stereocenters. The van der Waals surface area contributed by atoms with Gasteiger partial charge in [0.25, 0.3) is 10.0 Å². The van der Waals surface area contributed by atoms with E-state index in [9.17, 15) is 13.2 Å². The van der Waals surface area contributed by atoms with E-state index < -0.39 is 22.1 Å². The van der Waals surface area contributed by atoms with Crippen LogP contribution in [0.25, 0.3) is 0 Å². The zero-order chi connectivity index (χ0) is 13.3. The van der Waals surface area contributed by atoms with E-state index in [1.54, 1.807) is 11.4 Å². The first-order valence-electron chi connectivity index (χ1n) is 5.00. The predicted octanol–water partition coefficient (Wildman–Crippen LogP) is 0.985. The van der Waals surface area contributed by atoms with E-state index in [1.807, 2.05) is 0 Å². The Hall–Kier alpha value is -0.480. The van der Waals surface area contributed by atoms with Crippen LogP contribution in [0.5, 0.6) is 0 Å². The van der Waals surface area contributed by atoms with E-state index in [0.29, 0.717) is 4.47 Å². The predicted molar refractivity (Wildman–Crippen MR) is 68.2 cm³/mol. The van der Waals surface area contributed by atoms with Gasteiger partial charge < -0.3 is 9.84 Å². The molecule has 1 aromatic heterocycles. The fraction of sp³-hybridized carbons (Fsp3) is 0.444. The highest BCUT2D eigenvalue weighted by atomic mass is 79.9. The lowest BCUT2D eigenvalue weighted by atomic mass is 10.3. The molecule has 1 aliphatic rings. The molecule has 9 heteroatoms. The monoisotopic (exact) mass is 355 g/mol.